The predicted molar refractivity (Wildman–Crippen MR) is 68.8 cm³/mol. The molecule has 0 aromatic rings. The average molecular weight is 270 g/mol. The van der Waals surface area contributed by atoms with Crippen molar-refractivity contribution in [2.24, 2.45) is 5.92 Å². The fraction of sp³-hybridized carbons (Fsp3) is 0.846. The number of hydrogen-bond donors (Lipinski definition) is 3. The van der Waals surface area contributed by atoms with Crippen LogP contribution in [0.15, 0.2) is 0 Å². The maximum Gasteiger partial charge on any atom is 0.315 e. The molecule has 0 spiro atoms. The third kappa shape index (κ3) is 3.59. The smallest absolute Gasteiger partial charge is 0.315 e. The van der Waals surface area contributed by atoms with E-state index < -0.39 is 5.97 Å². The van der Waals surface area contributed by atoms with Crippen LogP contribution in [0, 0.1) is 5.92 Å². The molecule has 0 aromatic heterocycles. The monoisotopic (exact) mass is 270 g/mol. The van der Waals surface area contributed by atoms with Gasteiger partial charge in [0.2, 0.25) is 0 Å². The SMILES string of the molecule is CC(C)C(CC(=O)O)NC(=O)NC1CC2CCC1O2. The number of aliphatic carboxylic acids is 1. The summed E-state index contributed by atoms with van der Waals surface area (Å²) in [5.41, 5.74) is 0. The van der Waals surface area contributed by atoms with Gasteiger partial charge in [0.25, 0.3) is 0 Å². The molecular weight excluding hydrogens is 248 g/mol. The molecule has 2 fully saturated rings. The topological polar surface area (TPSA) is 87.7 Å². The van der Waals surface area contributed by atoms with Gasteiger partial charge in [0, 0.05) is 6.04 Å². The number of urea groups is 1. The molecule has 2 aliphatic heterocycles. The fourth-order valence-electron chi connectivity index (χ4n) is 2.81. The van der Waals surface area contributed by atoms with Crippen LogP contribution in [0.1, 0.15) is 39.5 Å². The van der Waals surface area contributed by atoms with Gasteiger partial charge in [0.1, 0.15) is 0 Å². The van der Waals surface area contributed by atoms with Crippen LogP contribution in [0.5, 0.6) is 0 Å². The molecule has 0 aromatic carbocycles. The van der Waals surface area contributed by atoms with Crippen molar-refractivity contribution in [3.63, 3.8) is 0 Å². The number of carbonyl (C=O) groups is 2. The molecule has 2 bridgehead atoms. The summed E-state index contributed by atoms with van der Waals surface area (Å²) in [6, 6.07) is -0.575. The molecule has 0 radical (unpaired) electrons. The van der Waals surface area contributed by atoms with Crippen molar-refractivity contribution >= 4 is 12.0 Å². The molecule has 0 saturated carbocycles. The number of amides is 2. The molecule has 19 heavy (non-hydrogen) atoms. The molecule has 2 aliphatic rings. The highest BCUT2D eigenvalue weighted by Gasteiger charge is 2.41. The van der Waals surface area contributed by atoms with Crippen LogP contribution in [0.2, 0.25) is 0 Å². The lowest BCUT2D eigenvalue weighted by Gasteiger charge is -2.24. The number of hydrogen-bond acceptors (Lipinski definition) is 3. The van der Waals surface area contributed by atoms with Crippen molar-refractivity contribution in [2.75, 3.05) is 0 Å². The Morgan fingerprint density at radius 2 is 2.11 bits per heavy atom. The number of ether oxygens (including phenoxy) is 1. The number of nitrogens with one attached hydrogen (secondary N) is 2. The first-order chi connectivity index (χ1) is 8.95. The van der Waals surface area contributed by atoms with Crippen LogP contribution in [-0.2, 0) is 9.53 Å². The van der Waals surface area contributed by atoms with E-state index >= 15 is 0 Å². The predicted octanol–water partition coefficient (Wildman–Crippen LogP) is 1.10. The second kappa shape index (κ2) is 5.77. The zero-order chi connectivity index (χ0) is 14.0. The highest BCUT2D eigenvalue weighted by molar-refractivity contribution is 5.76. The summed E-state index contributed by atoms with van der Waals surface area (Å²) in [6.07, 6.45) is 3.31. The lowest BCUT2D eigenvalue weighted by molar-refractivity contribution is -0.137. The molecule has 2 heterocycles. The van der Waals surface area contributed by atoms with Crippen LogP contribution < -0.4 is 10.6 Å². The first-order valence-corrected chi connectivity index (χ1v) is 6.90. The van der Waals surface area contributed by atoms with Gasteiger partial charge < -0.3 is 20.5 Å². The van der Waals surface area contributed by atoms with Crippen LogP contribution in [0.25, 0.3) is 0 Å². The van der Waals surface area contributed by atoms with Crippen LogP contribution in [-0.4, -0.2) is 41.4 Å². The lowest BCUT2D eigenvalue weighted by atomic mass is 9.95. The van der Waals surface area contributed by atoms with E-state index in [9.17, 15) is 9.59 Å². The second-order valence-electron chi connectivity index (χ2n) is 5.78. The Morgan fingerprint density at radius 1 is 1.37 bits per heavy atom. The van der Waals surface area contributed by atoms with Crippen LogP contribution in [0.4, 0.5) is 4.79 Å². The second-order valence-corrected chi connectivity index (χ2v) is 5.78. The number of carboxylic acids is 1. The third-order valence-electron chi connectivity index (χ3n) is 3.94. The van der Waals surface area contributed by atoms with Crippen molar-refractivity contribution in [3.8, 4) is 0 Å². The molecule has 0 aliphatic carbocycles. The van der Waals surface area contributed by atoms with Gasteiger partial charge in [-0.15, -0.1) is 0 Å². The quantitative estimate of drug-likeness (QED) is 0.698. The fourth-order valence-corrected chi connectivity index (χ4v) is 2.81. The maximum absolute atomic E-state index is 11.9. The molecule has 6 nitrogen and oxygen atoms in total. The zero-order valence-electron chi connectivity index (χ0n) is 11.4. The minimum absolute atomic E-state index is 0.0572. The summed E-state index contributed by atoms with van der Waals surface area (Å²) in [5.74, 6) is -0.819. The Bertz CT molecular complexity index is 359. The van der Waals surface area contributed by atoms with Gasteiger partial charge in [-0.05, 0) is 25.2 Å². The first-order valence-electron chi connectivity index (χ1n) is 6.90. The summed E-state index contributed by atoms with van der Waals surface area (Å²) in [6.45, 7) is 3.79. The van der Waals surface area contributed by atoms with Gasteiger partial charge >= 0.3 is 12.0 Å². The Hall–Kier alpha value is -1.30. The molecule has 4 atom stereocenters. The number of rotatable bonds is 5. The molecule has 6 heteroatoms. The minimum atomic E-state index is -0.901. The maximum atomic E-state index is 11.9. The molecule has 108 valence electrons. The Morgan fingerprint density at radius 3 is 2.58 bits per heavy atom. The number of fused-ring (bicyclic) bond motifs is 2. The normalized spacial score (nSPS) is 30.4. The first kappa shape index (κ1) is 14.1. The standard InChI is InChI=1S/C13H22N2O4/c1-7(2)9(6-12(16)17)14-13(18)15-10-5-8-3-4-11(10)19-8/h7-11H,3-6H2,1-2H3,(H,16,17)(H2,14,15,18). The van der Waals surface area contributed by atoms with E-state index in [1.807, 2.05) is 13.8 Å². The van der Waals surface area contributed by atoms with Gasteiger partial charge in [-0.2, -0.15) is 0 Å². The average Bonchev–Trinajstić information content (AvgIpc) is 2.89. The molecule has 3 N–H and O–H groups in total. The van der Waals surface area contributed by atoms with Gasteiger partial charge in [0.05, 0.1) is 24.7 Å². The number of carboxylic acid groups (broad SMARTS) is 1. The zero-order valence-corrected chi connectivity index (χ0v) is 11.4. The van der Waals surface area contributed by atoms with Gasteiger partial charge in [0.15, 0.2) is 0 Å². The van der Waals surface area contributed by atoms with Crippen molar-refractivity contribution in [1.29, 1.82) is 0 Å². The largest absolute Gasteiger partial charge is 0.481 e. The van der Waals surface area contributed by atoms with Gasteiger partial charge in [-0.25, -0.2) is 4.79 Å². The van der Waals surface area contributed by atoms with E-state index in [1.165, 1.54) is 0 Å². The van der Waals surface area contributed by atoms with Crippen molar-refractivity contribution < 1.29 is 19.4 Å². The number of carbonyl (C=O) groups excluding carboxylic acids is 1. The van der Waals surface area contributed by atoms with Crippen molar-refractivity contribution in [3.05, 3.63) is 0 Å². The Labute approximate surface area is 112 Å². The molecule has 4 unspecified atom stereocenters. The van der Waals surface area contributed by atoms with Crippen LogP contribution in [0.3, 0.4) is 0 Å². The Kier molecular flexibility index (Phi) is 4.29. The van der Waals surface area contributed by atoms with E-state index in [-0.39, 0.29) is 42.7 Å². The summed E-state index contributed by atoms with van der Waals surface area (Å²) in [7, 11) is 0. The lowest BCUT2D eigenvalue weighted by Crippen LogP contribution is -2.50. The molecular formula is C13H22N2O4. The van der Waals surface area contributed by atoms with E-state index in [2.05, 4.69) is 10.6 Å². The van der Waals surface area contributed by atoms with E-state index in [0.29, 0.717) is 0 Å². The van der Waals surface area contributed by atoms with Gasteiger partial charge in [-0.1, -0.05) is 13.8 Å². The van der Waals surface area contributed by atoms with Crippen molar-refractivity contribution in [1.82, 2.24) is 10.6 Å². The van der Waals surface area contributed by atoms with E-state index in [0.717, 1.165) is 19.3 Å². The van der Waals surface area contributed by atoms with Crippen molar-refractivity contribution in [2.45, 2.75) is 63.8 Å². The summed E-state index contributed by atoms with van der Waals surface area (Å²) >= 11 is 0. The summed E-state index contributed by atoms with van der Waals surface area (Å²) in [5, 5.41) is 14.5. The van der Waals surface area contributed by atoms with Crippen LogP contribution >= 0.6 is 0 Å². The molecule has 2 saturated heterocycles. The van der Waals surface area contributed by atoms with E-state index in [1.54, 1.807) is 0 Å². The van der Waals surface area contributed by atoms with E-state index in [4.69, 9.17) is 9.84 Å². The summed E-state index contributed by atoms with van der Waals surface area (Å²) < 4.78 is 5.67. The highest BCUT2D eigenvalue weighted by Crippen LogP contribution is 2.34. The highest BCUT2D eigenvalue weighted by atomic mass is 16.5. The molecule has 2 rings (SSSR count). The minimum Gasteiger partial charge on any atom is -0.481 e. The Balaban J connectivity index is 1.80. The third-order valence-corrected chi connectivity index (χ3v) is 3.94. The molecule has 2 amide bonds. The van der Waals surface area contributed by atoms with Gasteiger partial charge in [-0.3, -0.25) is 4.79 Å². The summed E-state index contributed by atoms with van der Waals surface area (Å²) in [4.78, 5) is 22.7.